The smallest absolute Gasteiger partial charge is 0.272 e. The molecule has 2 heterocycles. The van der Waals surface area contributed by atoms with Gasteiger partial charge >= 0.3 is 0 Å². The molecule has 1 aliphatic rings. The Kier molecular flexibility index (Phi) is 4.61. The first-order chi connectivity index (χ1) is 11.6. The van der Waals surface area contributed by atoms with Crippen molar-refractivity contribution in [1.82, 2.24) is 19.6 Å². The van der Waals surface area contributed by atoms with Crippen molar-refractivity contribution in [3.8, 4) is 0 Å². The number of hydrogen-bond donors (Lipinski definition) is 1. The Morgan fingerprint density at radius 1 is 1.21 bits per heavy atom. The molecular weight excluding hydrogens is 306 g/mol. The van der Waals surface area contributed by atoms with Crippen molar-refractivity contribution in [3.63, 3.8) is 0 Å². The number of aromatic nitrogens is 2. The van der Waals surface area contributed by atoms with Gasteiger partial charge in [0.15, 0.2) is 0 Å². The van der Waals surface area contributed by atoms with Crippen LogP contribution in [0.2, 0.25) is 0 Å². The summed E-state index contributed by atoms with van der Waals surface area (Å²) in [6, 6.07) is 11.1. The molecule has 24 heavy (non-hydrogen) atoms. The zero-order valence-electron chi connectivity index (χ0n) is 13.6. The number of rotatable bonds is 4. The van der Waals surface area contributed by atoms with E-state index in [4.69, 9.17) is 5.73 Å². The van der Waals surface area contributed by atoms with E-state index in [0.717, 1.165) is 5.56 Å². The molecule has 0 spiro atoms. The zero-order valence-corrected chi connectivity index (χ0v) is 13.6. The predicted molar refractivity (Wildman–Crippen MR) is 88.9 cm³/mol. The Bertz CT molecular complexity index is 728. The van der Waals surface area contributed by atoms with Crippen LogP contribution < -0.4 is 5.73 Å². The summed E-state index contributed by atoms with van der Waals surface area (Å²) in [6.45, 7) is 2.10. The molecule has 1 aromatic heterocycles. The average molecular weight is 327 g/mol. The third-order valence-corrected chi connectivity index (χ3v) is 4.38. The van der Waals surface area contributed by atoms with Crippen LogP contribution >= 0.6 is 0 Å². The SMILES string of the molecule is Cn1nccc1C(=O)N1CCN(Cc2ccccc2)[C@H](C(N)=O)C1. The molecular formula is C17H21N5O2. The van der Waals surface area contributed by atoms with Gasteiger partial charge < -0.3 is 10.6 Å². The number of carbonyl (C=O) groups excluding carboxylic acids is 2. The van der Waals surface area contributed by atoms with Gasteiger partial charge in [0.05, 0.1) is 0 Å². The molecule has 0 radical (unpaired) electrons. The van der Waals surface area contributed by atoms with Crippen LogP contribution in [-0.2, 0) is 18.4 Å². The summed E-state index contributed by atoms with van der Waals surface area (Å²) in [4.78, 5) is 28.2. The van der Waals surface area contributed by atoms with E-state index >= 15 is 0 Å². The van der Waals surface area contributed by atoms with E-state index in [-0.39, 0.29) is 5.91 Å². The number of benzene rings is 1. The topological polar surface area (TPSA) is 84.5 Å². The summed E-state index contributed by atoms with van der Waals surface area (Å²) < 4.78 is 1.54. The lowest BCUT2D eigenvalue weighted by Gasteiger charge is -2.39. The third-order valence-electron chi connectivity index (χ3n) is 4.38. The normalized spacial score (nSPS) is 18.5. The monoisotopic (exact) mass is 327 g/mol. The quantitative estimate of drug-likeness (QED) is 0.871. The van der Waals surface area contributed by atoms with Crippen LogP contribution in [0.5, 0.6) is 0 Å². The maximum atomic E-state index is 12.6. The molecule has 2 N–H and O–H groups in total. The molecule has 2 aromatic rings. The maximum Gasteiger partial charge on any atom is 0.272 e. The van der Waals surface area contributed by atoms with Crippen molar-refractivity contribution in [2.24, 2.45) is 12.8 Å². The van der Waals surface area contributed by atoms with Gasteiger partial charge in [-0.3, -0.25) is 19.2 Å². The van der Waals surface area contributed by atoms with Gasteiger partial charge in [-0.25, -0.2) is 0 Å². The van der Waals surface area contributed by atoms with Crippen molar-refractivity contribution in [2.75, 3.05) is 19.6 Å². The van der Waals surface area contributed by atoms with Crippen LogP contribution in [-0.4, -0.2) is 57.1 Å². The molecule has 0 unspecified atom stereocenters. The number of carbonyl (C=O) groups is 2. The Morgan fingerprint density at radius 2 is 1.96 bits per heavy atom. The van der Waals surface area contributed by atoms with Gasteiger partial charge in [-0.2, -0.15) is 5.10 Å². The van der Waals surface area contributed by atoms with Gasteiger partial charge in [-0.05, 0) is 11.6 Å². The second kappa shape index (κ2) is 6.84. The Hall–Kier alpha value is -2.67. The molecule has 7 nitrogen and oxygen atoms in total. The minimum atomic E-state index is -0.490. The maximum absolute atomic E-state index is 12.6. The molecule has 1 aromatic carbocycles. The van der Waals surface area contributed by atoms with E-state index in [1.807, 2.05) is 35.2 Å². The fourth-order valence-electron chi connectivity index (χ4n) is 3.03. The van der Waals surface area contributed by atoms with Crippen LogP contribution in [0.1, 0.15) is 16.1 Å². The molecule has 0 bridgehead atoms. The van der Waals surface area contributed by atoms with Crippen molar-refractivity contribution in [1.29, 1.82) is 0 Å². The number of aryl methyl sites for hydroxylation is 1. The number of piperazine rings is 1. The highest BCUT2D eigenvalue weighted by Crippen LogP contribution is 2.16. The fourth-order valence-corrected chi connectivity index (χ4v) is 3.03. The van der Waals surface area contributed by atoms with Gasteiger partial charge in [0.25, 0.3) is 5.91 Å². The highest BCUT2D eigenvalue weighted by Gasteiger charge is 2.33. The molecule has 126 valence electrons. The lowest BCUT2D eigenvalue weighted by molar-refractivity contribution is -0.125. The Balaban J connectivity index is 1.73. The first kappa shape index (κ1) is 16.2. The number of hydrogen-bond acceptors (Lipinski definition) is 4. The number of nitrogens with two attached hydrogens (primary N) is 1. The summed E-state index contributed by atoms with van der Waals surface area (Å²) >= 11 is 0. The average Bonchev–Trinajstić information content (AvgIpc) is 3.01. The van der Waals surface area contributed by atoms with Crippen molar-refractivity contribution >= 4 is 11.8 Å². The molecule has 1 aliphatic heterocycles. The summed E-state index contributed by atoms with van der Waals surface area (Å²) in [5.41, 5.74) is 7.22. The second-order valence-corrected chi connectivity index (χ2v) is 5.97. The van der Waals surface area contributed by atoms with Gasteiger partial charge in [0.1, 0.15) is 11.7 Å². The van der Waals surface area contributed by atoms with Crippen LogP contribution in [0.25, 0.3) is 0 Å². The third kappa shape index (κ3) is 3.30. The van der Waals surface area contributed by atoms with E-state index in [0.29, 0.717) is 31.9 Å². The van der Waals surface area contributed by atoms with Crippen molar-refractivity contribution < 1.29 is 9.59 Å². The van der Waals surface area contributed by atoms with Crippen LogP contribution in [0.4, 0.5) is 0 Å². The molecule has 7 heteroatoms. The van der Waals surface area contributed by atoms with Gasteiger partial charge in [0, 0.05) is 39.4 Å². The lowest BCUT2D eigenvalue weighted by Crippen LogP contribution is -2.59. The summed E-state index contributed by atoms with van der Waals surface area (Å²) in [5.74, 6) is -0.533. The van der Waals surface area contributed by atoms with E-state index in [1.165, 1.54) is 4.68 Å². The van der Waals surface area contributed by atoms with Crippen LogP contribution in [0, 0.1) is 0 Å². The van der Waals surface area contributed by atoms with Crippen molar-refractivity contribution in [2.45, 2.75) is 12.6 Å². The summed E-state index contributed by atoms with van der Waals surface area (Å²) in [5, 5.41) is 4.02. The van der Waals surface area contributed by atoms with E-state index < -0.39 is 11.9 Å². The largest absolute Gasteiger partial charge is 0.368 e. The molecule has 0 aliphatic carbocycles. The highest BCUT2D eigenvalue weighted by molar-refractivity contribution is 5.93. The molecule has 0 saturated carbocycles. The van der Waals surface area contributed by atoms with Crippen LogP contribution in [0.3, 0.4) is 0 Å². The molecule has 1 atom stereocenters. The van der Waals surface area contributed by atoms with E-state index in [1.54, 1.807) is 24.2 Å². The minimum Gasteiger partial charge on any atom is -0.368 e. The standard InChI is InChI=1S/C17H21N5O2/c1-20-14(7-8-19-20)17(24)22-10-9-21(15(12-22)16(18)23)11-13-5-3-2-4-6-13/h2-8,15H,9-12H2,1H3,(H2,18,23)/t15-/m0/s1. The molecule has 2 amide bonds. The highest BCUT2D eigenvalue weighted by atomic mass is 16.2. The van der Waals surface area contributed by atoms with E-state index in [9.17, 15) is 9.59 Å². The fraction of sp³-hybridized carbons (Fsp3) is 0.353. The van der Waals surface area contributed by atoms with Gasteiger partial charge in [0.2, 0.25) is 5.91 Å². The summed E-state index contributed by atoms with van der Waals surface area (Å²) in [7, 11) is 1.73. The van der Waals surface area contributed by atoms with Gasteiger partial charge in [-0.1, -0.05) is 30.3 Å². The first-order valence-electron chi connectivity index (χ1n) is 7.91. The molecule has 1 saturated heterocycles. The Morgan fingerprint density at radius 3 is 2.58 bits per heavy atom. The predicted octanol–water partition coefficient (Wildman–Crippen LogP) is 0.232. The second-order valence-electron chi connectivity index (χ2n) is 5.97. The summed E-state index contributed by atoms with van der Waals surface area (Å²) in [6.07, 6.45) is 1.59. The van der Waals surface area contributed by atoms with Crippen LogP contribution in [0.15, 0.2) is 42.6 Å². The molecule has 3 rings (SSSR count). The Labute approximate surface area is 140 Å². The number of nitrogens with zero attached hydrogens (tertiary/aromatic N) is 4. The minimum absolute atomic E-state index is 0.124. The zero-order chi connectivity index (χ0) is 17.1. The number of amides is 2. The van der Waals surface area contributed by atoms with Crippen molar-refractivity contribution in [3.05, 3.63) is 53.9 Å². The first-order valence-corrected chi connectivity index (χ1v) is 7.91. The van der Waals surface area contributed by atoms with Gasteiger partial charge in [-0.15, -0.1) is 0 Å². The van der Waals surface area contributed by atoms with E-state index in [2.05, 4.69) is 5.10 Å². The lowest BCUT2D eigenvalue weighted by atomic mass is 10.1. The molecule has 1 fully saturated rings. The number of primary amides is 1.